The van der Waals surface area contributed by atoms with Gasteiger partial charge in [0.2, 0.25) is 20.6 Å². The highest BCUT2D eigenvalue weighted by molar-refractivity contribution is 7.91. The van der Waals surface area contributed by atoms with Crippen molar-refractivity contribution in [2.24, 2.45) is 0 Å². The van der Waals surface area contributed by atoms with Gasteiger partial charge in [0.25, 0.3) is 5.56 Å². The van der Waals surface area contributed by atoms with E-state index in [1.165, 1.54) is 30.0 Å². The van der Waals surface area contributed by atoms with Crippen LogP contribution in [0.3, 0.4) is 0 Å². The number of carbonyl (C=O) groups is 1. The van der Waals surface area contributed by atoms with Crippen LogP contribution in [0, 0.1) is 11.3 Å². The van der Waals surface area contributed by atoms with Gasteiger partial charge in [-0.15, -0.1) is 0 Å². The molecule has 4 rings (SSSR count). The molecule has 11 heteroatoms. The van der Waals surface area contributed by atoms with Gasteiger partial charge in [0.15, 0.2) is 5.03 Å². The first kappa shape index (κ1) is 30.1. The zero-order chi connectivity index (χ0) is 30.4. The highest BCUT2D eigenvalue weighted by atomic mass is 32.2. The van der Waals surface area contributed by atoms with E-state index in [2.05, 4.69) is 16.0 Å². The number of aryl methyl sites for hydroxylation is 1. The van der Waals surface area contributed by atoms with Crippen molar-refractivity contribution in [2.45, 2.75) is 55.5 Å². The summed E-state index contributed by atoms with van der Waals surface area (Å²) in [6, 6.07) is 17.6. The van der Waals surface area contributed by atoms with E-state index in [1.54, 1.807) is 48.5 Å². The Morgan fingerprint density at radius 2 is 1.88 bits per heavy atom. The Hall–Kier alpha value is -4.82. The van der Waals surface area contributed by atoms with E-state index in [9.17, 15) is 28.4 Å². The van der Waals surface area contributed by atoms with Gasteiger partial charge >= 0.3 is 5.97 Å². The number of benzene rings is 2. The predicted octanol–water partition coefficient (Wildman–Crippen LogP) is 4.84. The quantitative estimate of drug-likeness (QED) is 0.257. The second-order valence-electron chi connectivity index (χ2n) is 9.55. The van der Waals surface area contributed by atoms with Crippen molar-refractivity contribution >= 4 is 15.8 Å². The monoisotopic (exact) mass is 586 g/mol. The largest absolute Gasteiger partial charge is 0.493 e. The summed E-state index contributed by atoms with van der Waals surface area (Å²) in [4.78, 5) is 32.8. The normalized spacial score (nSPS) is 12.0. The summed E-state index contributed by atoms with van der Waals surface area (Å²) in [5.74, 6) is -1.06. The lowest BCUT2D eigenvalue weighted by molar-refractivity contribution is 0.0601. The molecule has 0 aliphatic rings. The van der Waals surface area contributed by atoms with Crippen LogP contribution in [0.1, 0.15) is 66.5 Å². The third-order valence-corrected chi connectivity index (χ3v) is 8.60. The number of nitrogens with zero attached hydrogens (tertiary/aromatic N) is 4. The first-order valence-electron chi connectivity index (χ1n) is 13.4. The van der Waals surface area contributed by atoms with Crippen LogP contribution in [0.2, 0.25) is 0 Å². The molecule has 0 bridgehead atoms. The van der Waals surface area contributed by atoms with Gasteiger partial charge in [0.05, 0.1) is 30.3 Å². The Kier molecular flexibility index (Phi) is 9.18. The van der Waals surface area contributed by atoms with E-state index in [1.807, 2.05) is 13.8 Å². The highest BCUT2D eigenvalue weighted by Gasteiger charge is 2.33. The van der Waals surface area contributed by atoms with Crippen LogP contribution in [0.15, 0.2) is 81.6 Å². The summed E-state index contributed by atoms with van der Waals surface area (Å²) < 4.78 is 33.8. The Balaban J connectivity index is 1.86. The van der Waals surface area contributed by atoms with Crippen LogP contribution < -0.4 is 5.56 Å². The van der Waals surface area contributed by atoms with Gasteiger partial charge in [0.1, 0.15) is 5.82 Å². The second kappa shape index (κ2) is 12.8. The van der Waals surface area contributed by atoms with Gasteiger partial charge in [0, 0.05) is 18.2 Å². The number of sulfone groups is 1. The molecule has 2 aromatic heterocycles. The van der Waals surface area contributed by atoms with Crippen molar-refractivity contribution in [1.29, 1.82) is 5.26 Å². The summed E-state index contributed by atoms with van der Waals surface area (Å²) in [6.45, 7) is 3.82. The number of pyridine rings is 1. The molecule has 1 atom stereocenters. The summed E-state index contributed by atoms with van der Waals surface area (Å²) in [5.41, 5.74) is 1.19. The maximum atomic E-state index is 13.8. The third-order valence-electron chi connectivity index (χ3n) is 6.91. The first-order chi connectivity index (χ1) is 20.2. The molecule has 0 radical (unpaired) electrons. The zero-order valence-corrected chi connectivity index (χ0v) is 24.3. The Morgan fingerprint density at radius 3 is 2.52 bits per heavy atom. The molecule has 0 fully saturated rings. The van der Waals surface area contributed by atoms with Gasteiger partial charge in [-0.05, 0) is 54.3 Å². The van der Waals surface area contributed by atoms with Crippen LogP contribution in [-0.4, -0.2) is 41.1 Å². The maximum absolute atomic E-state index is 13.8. The fraction of sp³-hybridized carbons (Fsp3) is 0.258. The molecule has 2 heterocycles. The Morgan fingerprint density at radius 1 is 1.12 bits per heavy atom. The molecule has 42 heavy (non-hydrogen) atoms. The molecule has 0 spiro atoms. The van der Waals surface area contributed by atoms with Crippen molar-refractivity contribution in [1.82, 2.24) is 14.5 Å². The smallest absolute Gasteiger partial charge is 0.338 e. The molecule has 0 aliphatic heterocycles. The number of methoxy groups -OCH3 is 1. The van der Waals surface area contributed by atoms with Gasteiger partial charge in [-0.3, -0.25) is 9.36 Å². The van der Waals surface area contributed by atoms with E-state index in [0.717, 1.165) is 6.42 Å². The van der Waals surface area contributed by atoms with E-state index in [-0.39, 0.29) is 11.4 Å². The van der Waals surface area contributed by atoms with Crippen LogP contribution in [-0.2, 0) is 21.0 Å². The van der Waals surface area contributed by atoms with Crippen molar-refractivity contribution in [3.63, 3.8) is 0 Å². The minimum absolute atomic E-state index is 0.246. The van der Waals surface area contributed by atoms with E-state index in [4.69, 9.17) is 4.74 Å². The number of nitriles is 1. The Labute approximate surface area is 243 Å². The number of hydrogen-bond acceptors (Lipinski definition) is 9. The van der Waals surface area contributed by atoms with Crippen LogP contribution >= 0.6 is 0 Å². The molecule has 1 N–H and O–H groups in total. The Bertz CT molecular complexity index is 1830. The van der Waals surface area contributed by atoms with Crippen molar-refractivity contribution < 1.29 is 23.1 Å². The molecular weight excluding hydrogens is 556 g/mol. The van der Waals surface area contributed by atoms with Crippen LogP contribution in [0.25, 0.3) is 11.1 Å². The summed E-state index contributed by atoms with van der Waals surface area (Å²) >= 11 is 0. The molecule has 4 aromatic rings. The lowest BCUT2D eigenvalue weighted by Gasteiger charge is -2.25. The molecule has 0 saturated heterocycles. The number of esters is 1. The number of aromatic nitrogens is 3. The number of carbonyl (C=O) groups excluding carboxylic acids is 1. The van der Waals surface area contributed by atoms with E-state index in [0.29, 0.717) is 41.5 Å². The molecular formula is C31H30N4O6S. The summed E-state index contributed by atoms with van der Waals surface area (Å²) in [7, 11) is -3.37. The average molecular weight is 587 g/mol. The van der Waals surface area contributed by atoms with E-state index >= 15 is 0 Å². The number of unbranched alkanes of at least 4 members (excludes halogenated alkanes) is 1. The molecule has 0 aliphatic carbocycles. The maximum Gasteiger partial charge on any atom is 0.338 e. The number of hydrogen-bond donors (Lipinski definition) is 1. The van der Waals surface area contributed by atoms with E-state index < -0.39 is 43.2 Å². The predicted molar refractivity (Wildman–Crippen MR) is 155 cm³/mol. The lowest BCUT2D eigenvalue weighted by atomic mass is 10.0. The standard InChI is InChI=1S/C31H30N4O6S/c1-4-6-14-26-34-29(36)28(30(37)35(26)25(5-2)21-11-9-10-20(17-21)18-32)42(39,40)27-16-15-22(19-33-27)23-12-7-8-13-24(23)31(38)41-3/h7-13,15-17,19,25,37H,4-6,14H2,1-3H3/t25-/m0/s1. The van der Waals surface area contributed by atoms with Gasteiger partial charge in [-0.1, -0.05) is 50.6 Å². The second-order valence-corrected chi connectivity index (χ2v) is 11.4. The average Bonchev–Trinajstić information content (AvgIpc) is 3.01. The number of rotatable bonds is 10. The topological polar surface area (TPSA) is 152 Å². The molecule has 0 unspecified atom stereocenters. The molecule has 10 nitrogen and oxygen atoms in total. The number of aromatic hydroxyl groups is 1. The SMILES string of the molecule is CCCCc1nc(=O)c(S(=O)(=O)c2ccc(-c3ccccc3C(=O)OC)cn2)c(O)n1[C@@H](CC)c1cccc(C#N)c1. The molecule has 2 aromatic carbocycles. The van der Waals surface area contributed by atoms with Crippen LogP contribution in [0.4, 0.5) is 0 Å². The fourth-order valence-corrected chi connectivity index (χ4v) is 6.09. The minimum Gasteiger partial charge on any atom is -0.493 e. The molecule has 0 amide bonds. The van der Waals surface area contributed by atoms with Gasteiger partial charge in [-0.2, -0.15) is 10.2 Å². The van der Waals surface area contributed by atoms with Crippen molar-refractivity contribution in [3.05, 3.63) is 99.7 Å². The molecule has 216 valence electrons. The molecule has 0 saturated carbocycles. The first-order valence-corrected chi connectivity index (χ1v) is 14.9. The van der Waals surface area contributed by atoms with Crippen molar-refractivity contribution in [2.75, 3.05) is 7.11 Å². The fourth-order valence-electron chi connectivity index (χ4n) is 4.83. The highest BCUT2D eigenvalue weighted by Crippen LogP contribution is 2.34. The lowest BCUT2D eigenvalue weighted by Crippen LogP contribution is -2.27. The zero-order valence-electron chi connectivity index (χ0n) is 23.4. The van der Waals surface area contributed by atoms with Gasteiger partial charge < -0.3 is 9.84 Å². The summed E-state index contributed by atoms with van der Waals surface area (Å²) in [5, 5.41) is 20.4. The van der Waals surface area contributed by atoms with Crippen molar-refractivity contribution in [3.8, 4) is 23.1 Å². The van der Waals surface area contributed by atoms with Crippen LogP contribution in [0.5, 0.6) is 5.88 Å². The summed E-state index contributed by atoms with van der Waals surface area (Å²) in [6.07, 6.45) is 3.46. The third kappa shape index (κ3) is 5.80. The van der Waals surface area contributed by atoms with Gasteiger partial charge in [-0.25, -0.2) is 18.2 Å². The minimum atomic E-state index is -4.63. The number of ether oxygens (including phenoxy) is 1.